The first kappa shape index (κ1) is 32.1. The van der Waals surface area contributed by atoms with Gasteiger partial charge in [0.2, 0.25) is 11.8 Å². The predicted octanol–water partition coefficient (Wildman–Crippen LogP) is 6.20. The molecule has 1 aromatic heterocycles. The van der Waals surface area contributed by atoms with Gasteiger partial charge in [0.25, 0.3) is 0 Å². The average molecular weight is 636 g/mol. The minimum Gasteiger partial charge on any atom is -0.493 e. The number of rotatable bonds is 14. The summed E-state index contributed by atoms with van der Waals surface area (Å²) in [4.78, 5) is 46.6. The van der Waals surface area contributed by atoms with Gasteiger partial charge in [-0.25, -0.2) is 0 Å². The molecule has 4 aromatic rings. The van der Waals surface area contributed by atoms with Gasteiger partial charge in [0.15, 0.2) is 11.5 Å². The number of unbranched alkanes of at least 4 members (excludes halogenated alkanes) is 2. The first-order chi connectivity index (χ1) is 22.9. The number of carbonyl (C=O) groups excluding carboxylic acids is 2. The second-order valence-electron chi connectivity index (χ2n) is 12.3. The van der Waals surface area contributed by atoms with Crippen molar-refractivity contribution in [1.82, 2.24) is 15.2 Å². The Balaban J connectivity index is 1.42. The zero-order chi connectivity index (χ0) is 33.0. The number of nitrogens with zero attached hydrogens (tertiary/aromatic N) is 1. The lowest BCUT2D eigenvalue weighted by Gasteiger charge is -2.31. The van der Waals surface area contributed by atoms with Gasteiger partial charge >= 0.3 is 5.97 Å². The molecule has 0 bridgehead atoms. The molecule has 4 unspecified atom stereocenters. The van der Waals surface area contributed by atoms with Crippen molar-refractivity contribution in [1.29, 1.82) is 0 Å². The number of likely N-dealkylation sites (tertiary alicyclic amines) is 1. The first-order valence-corrected chi connectivity index (χ1v) is 16.3. The highest BCUT2D eigenvalue weighted by Gasteiger charge is 2.68. The third-order valence-electron chi connectivity index (χ3n) is 9.47. The summed E-state index contributed by atoms with van der Waals surface area (Å²) in [5.74, 6) is -3.26. The van der Waals surface area contributed by atoms with E-state index in [0.29, 0.717) is 23.5 Å². The fourth-order valence-electron chi connectivity index (χ4n) is 7.15. The number of carboxylic acids is 1. The third kappa shape index (κ3) is 6.03. The standard InChI is InChI=1S/C38H41N3O6/c1-3-4-5-6-7-13-21-41-35(42)31-32(36(41)43)38(37(44)45,22-26-23-39-29-19-12-11-17-27(26)29)40-33(31)28-18-14-20-30(46-2)34(28)47-24-25-15-9-8-10-16-25/h6-12,14-20,23,31-33,39-40H,3-5,13,21-22,24H2,1-2H3,(H,44,45)/b7-6+. The summed E-state index contributed by atoms with van der Waals surface area (Å²) in [7, 11) is 1.54. The Morgan fingerprint density at radius 3 is 2.51 bits per heavy atom. The van der Waals surface area contributed by atoms with Crippen LogP contribution in [0, 0.1) is 11.8 Å². The number of carboxylic acid groups (broad SMARTS) is 1. The summed E-state index contributed by atoms with van der Waals surface area (Å²) in [5.41, 5.74) is 1.35. The Kier molecular flexibility index (Phi) is 9.45. The number of H-pyrrole nitrogens is 1. The van der Waals surface area contributed by atoms with Crippen molar-refractivity contribution < 1.29 is 29.0 Å². The van der Waals surface area contributed by atoms with Crippen LogP contribution in [0.3, 0.4) is 0 Å². The van der Waals surface area contributed by atoms with Crippen molar-refractivity contribution in [2.45, 2.75) is 57.2 Å². The number of benzene rings is 3. The Hall–Kier alpha value is -4.89. The number of aromatic amines is 1. The molecule has 6 rings (SSSR count). The summed E-state index contributed by atoms with van der Waals surface area (Å²) in [6.07, 6.45) is 9.45. The topological polar surface area (TPSA) is 121 Å². The van der Waals surface area contributed by atoms with E-state index in [4.69, 9.17) is 9.47 Å². The number of allylic oxidation sites excluding steroid dienone is 1. The molecule has 3 aromatic carbocycles. The Morgan fingerprint density at radius 2 is 1.74 bits per heavy atom. The molecule has 3 heterocycles. The lowest BCUT2D eigenvalue weighted by molar-refractivity contribution is -0.151. The van der Waals surface area contributed by atoms with Crippen LogP contribution in [0.1, 0.15) is 55.3 Å². The summed E-state index contributed by atoms with van der Waals surface area (Å²) in [6, 6.07) is 21.9. The lowest BCUT2D eigenvalue weighted by atomic mass is 9.76. The molecule has 47 heavy (non-hydrogen) atoms. The highest BCUT2D eigenvalue weighted by atomic mass is 16.5. The number of para-hydroxylation sites is 2. The van der Waals surface area contributed by atoms with Gasteiger partial charge < -0.3 is 19.6 Å². The molecule has 3 N–H and O–H groups in total. The van der Waals surface area contributed by atoms with E-state index in [0.717, 1.165) is 41.3 Å². The largest absolute Gasteiger partial charge is 0.493 e. The number of ether oxygens (including phenoxy) is 2. The van der Waals surface area contributed by atoms with Crippen LogP contribution >= 0.6 is 0 Å². The van der Waals surface area contributed by atoms with Crippen LogP contribution in [0.5, 0.6) is 11.5 Å². The van der Waals surface area contributed by atoms with E-state index in [-0.39, 0.29) is 25.5 Å². The van der Waals surface area contributed by atoms with Gasteiger partial charge in [0, 0.05) is 41.7 Å². The highest BCUT2D eigenvalue weighted by molar-refractivity contribution is 6.09. The van der Waals surface area contributed by atoms with Gasteiger partial charge in [-0.2, -0.15) is 0 Å². The van der Waals surface area contributed by atoms with Crippen molar-refractivity contribution in [3.05, 3.63) is 108 Å². The van der Waals surface area contributed by atoms with Gasteiger partial charge in [-0.1, -0.05) is 92.6 Å². The Morgan fingerprint density at radius 1 is 0.979 bits per heavy atom. The molecule has 0 aliphatic carbocycles. The SMILES string of the molecule is CCCC/C=C/CCN1C(=O)C2C(c3cccc(OC)c3OCc3ccccc3)NC(Cc3c[nH]c4ccccc34)(C(=O)O)C2C1=O. The summed E-state index contributed by atoms with van der Waals surface area (Å²) < 4.78 is 12.1. The first-order valence-electron chi connectivity index (χ1n) is 16.3. The fraction of sp³-hybridized carbons (Fsp3) is 0.342. The number of aliphatic carboxylic acids is 1. The molecular weight excluding hydrogens is 594 g/mol. The maximum absolute atomic E-state index is 14.3. The van der Waals surface area contributed by atoms with E-state index in [1.54, 1.807) is 18.3 Å². The van der Waals surface area contributed by atoms with E-state index >= 15 is 0 Å². The monoisotopic (exact) mass is 635 g/mol. The normalized spacial score (nSPS) is 22.3. The zero-order valence-electron chi connectivity index (χ0n) is 26.8. The third-order valence-corrected chi connectivity index (χ3v) is 9.47. The molecule has 2 saturated heterocycles. The maximum atomic E-state index is 14.3. The van der Waals surface area contributed by atoms with Gasteiger partial charge in [0.05, 0.1) is 18.9 Å². The zero-order valence-corrected chi connectivity index (χ0v) is 26.8. The molecule has 4 atom stereocenters. The van der Waals surface area contributed by atoms with E-state index in [2.05, 4.69) is 23.3 Å². The van der Waals surface area contributed by atoms with Crippen molar-refractivity contribution in [2.24, 2.45) is 11.8 Å². The van der Waals surface area contributed by atoms with Crippen molar-refractivity contribution in [2.75, 3.05) is 13.7 Å². The molecular formula is C38H41N3O6. The number of amides is 2. The number of nitrogens with one attached hydrogen (secondary N) is 2. The smallest absolute Gasteiger partial charge is 0.325 e. The molecule has 2 aliphatic heterocycles. The van der Waals surface area contributed by atoms with Gasteiger partial charge in [-0.3, -0.25) is 24.6 Å². The number of fused-ring (bicyclic) bond motifs is 2. The van der Waals surface area contributed by atoms with Crippen LogP contribution < -0.4 is 14.8 Å². The lowest BCUT2D eigenvalue weighted by Crippen LogP contribution is -2.57. The summed E-state index contributed by atoms with van der Waals surface area (Å²) in [5, 5.41) is 15.3. The molecule has 0 radical (unpaired) electrons. The summed E-state index contributed by atoms with van der Waals surface area (Å²) in [6.45, 7) is 2.56. The number of aromatic nitrogens is 1. The van der Waals surface area contributed by atoms with Gasteiger partial charge in [-0.05, 0) is 36.1 Å². The van der Waals surface area contributed by atoms with Crippen LogP contribution in [0.4, 0.5) is 0 Å². The van der Waals surface area contributed by atoms with Crippen molar-refractivity contribution in [3.63, 3.8) is 0 Å². The minimum absolute atomic E-state index is 0.00202. The van der Waals surface area contributed by atoms with Gasteiger partial charge in [-0.15, -0.1) is 0 Å². The average Bonchev–Trinajstić information content (AvgIpc) is 3.73. The van der Waals surface area contributed by atoms with Gasteiger partial charge in [0.1, 0.15) is 12.1 Å². The Bertz CT molecular complexity index is 1780. The number of carbonyl (C=O) groups is 3. The number of methoxy groups -OCH3 is 1. The quantitative estimate of drug-likeness (QED) is 0.0857. The second-order valence-corrected chi connectivity index (χ2v) is 12.3. The minimum atomic E-state index is -1.77. The van der Waals surface area contributed by atoms with E-state index < -0.39 is 35.3 Å². The van der Waals surface area contributed by atoms with Crippen LogP contribution in [0.2, 0.25) is 0 Å². The van der Waals surface area contributed by atoms with E-state index in [1.165, 1.54) is 12.0 Å². The van der Waals surface area contributed by atoms with E-state index in [1.807, 2.05) is 66.7 Å². The fourth-order valence-corrected chi connectivity index (χ4v) is 7.15. The molecule has 0 saturated carbocycles. The van der Waals surface area contributed by atoms with Crippen LogP contribution in [0.15, 0.2) is 91.1 Å². The molecule has 244 valence electrons. The molecule has 0 spiro atoms. The predicted molar refractivity (Wildman–Crippen MR) is 179 cm³/mol. The number of imide groups is 1. The van der Waals surface area contributed by atoms with Crippen LogP contribution in [0.25, 0.3) is 10.9 Å². The van der Waals surface area contributed by atoms with E-state index in [9.17, 15) is 19.5 Å². The number of hydrogen-bond acceptors (Lipinski definition) is 6. The molecule has 9 heteroatoms. The number of hydrogen-bond donors (Lipinski definition) is 3. The second kappa shape index (κ2) is 13.8. The Labute approximate surface area is 274 Å². The maximum Gasteiger partial charge on any atom is 0.325 e. The van der Waals surface area contributed by atoms with Crippen molar-refractivity contribution >= 4 is 28.7 Å². The van der Waals surface area contributed by atoms with Crippen molar-refractivity contribution in [3.8, 4) is 11.5 Å². The molecule has 2 amide bonds. The van der Waals surface area contributed by atoms with Crippen LogP contribution in [-0.2, 0) is 27.4 Å². The van der Waals surface area contributed by atoms with Crippen LogP contribution in [-0.4, -0.2) is 52.0 Å². The highest BCUT2D eigenvalue weighted by Crippen LogP contribution is 2.53. The molecule has 2 fully saturated rings. The molecule has 9 nitrogen and oxygen atoms in total. The molecule has 2 aliphatic rings. The summed E-state index contributed by atoms with van der Waals surface area (Å²) >= 11 is 0.